The van der Waals surface area contributed by atoms with Gasteiger partial charge in [-0.15, -0.1) is 11.3 Å². The van der Waals surface area contributed by atoms with E-state index >= 15 is 0 Å². The lowest BCUT2D eigenvalue weighted by Crippen LogP contribution is -2.17. The highest BCUT2D eigenvalue weighted by molar-refractivity contribution is 7.15. The molecule has 36 heavy (non-hydrogen) atoms. The highest BCUT2D eigenvalue weighted by Crippen LogP contribution is 2.40. The molecule has 1 amide bonds. The fourth-order valence-electron chi connectivity index (χ4n) is 3.74. The van der Waals surface area contributed by atoms with Gasteiger partial charge in [0.15, 0.2) is 11.5 Å². The Morgan fingerprint density at radius 3 is 2.36 bits per heavy atom. The zero-order valence-corrected chi connectivity index (χ0v) is 21.4. The highest BCUT2D eigenvalue weighted by Gasteiger charge is 2.27. The lowest BCUT2D eigenvalue weighted by Gasteiger charge is -2.13. The van der Waals surface area contributed by atoms with Gasteiger partial charge in [0.25, 0.3) is 5.91 Å². The molecule has 0 atom stereocenters. The summed E-state index contributed by atoms with van der Waals surface area (Å²) < 4.78 is 21.6. The van der Waals surface area contributed by atoms with E-state index in [1.165, 1.54) is 11.3 Å². The van der Waals surface area contributed by atoms with Crippen molar-refractivity contribution in [2.45, 2.75) is 26.9 Å². The molecule has 0 saturated heterocycles. The molecule has 0 aliphatic carbocycles. The van der Waals surface area contributed by atoms with E-state index in [1.54, 1.807) is 52.5 Å². The van der Waals surface area contributed by atoms with Gasteiger partial charge >= 0.3 is 5.97 Å². The highest BCUT2D eigenvalue weighted by atomic mass is 32.1. The first-order valence-corrected chi connectivity index (χ1v) is 12.1. The van der Waals surface area contributed by atoms with Gasteiger partial charge in [-0.25, -0.2) is 4.79 Å². The first-order valence-electron chi connectivity index (χ1n) is 11.2. The van der Waals surface area contributed by atoms with Crippen LogP contribution >= 0.6 is 11.3 Å². The predicted molar refractivity (Wildman–Crippen MR) is 138 cm³/mol. The maximum absolute atomic E-state index is 13.4. The molecule has 2 aromatic heterocycles. The van der Waals surface area contributed by atoms with Gasteiger partial charge in [0, 0.05) is 16.5 Å². The second-order valence-corrected chi connectivity index (χ2v) is 9.04. The lowest BCUT2D eigenvalue weighted by atomic mass is 10.0. The number of ether oxygens (including phenoxy) is 3. The number of benzene rings is 2. The number of methoxy groups -OCH3 is 2. The van der Waals surface area contributed by atoms with Crippen LogP contribution in [0.2, 0.25) is 0 Å². The third kappa shape index (κ3) is 4.96. The number of nitrogens with zero attached hydrogens (tertiary/aromatic N) is 1. The van der Waals surface area contributed by atoms with Gasteiger partial charge in [-0.3, -0.25) is 4.79 Å². The normalized spacial score (nSPS) is 10.8. The van der Waals surface area contributed by atoms with Crippen LogP contribution in [0.3, 0.4) is 0 Å². The monoisotopic (exact) mass is 506 g/mol. The van der Waals surface area contributed by atoms with E-state index in [9.17, 15) is 9.59 Å². The smallest absolute Gasteiger partial charge is 0.342 e. The number of hydrogen-bond acceptors (Lipinski definition) is 8. The van der Waals surface area contributed by atoms with E-state index in [1.807, 2.05) is 36.4 Å². The zero-order valence-electron chi connectivity index (χ0n) is 20.6. The molecule has 8 nitrogen and oxygen atoms in total. The predicted octanol–water partition coefficient (Wildman–Crippen LogP) is 6.21. The number of esters is 1. The first-order chi connectivity index (χ1) is 17.3. The maximum atomic E-state index is 13.4. The molecule has 0 saturated carbocycles. The Labute approximate surface area is 212 Å². The molecule has 0 spiro atoms. The largest absolute Gasteiger partial charge is 0.493 e. The number of thiophene rings is 1. The number of amides is 1. The number of nitrogens with one attached hydrogen (secondary N) is 1. The van der Waals surface area contributed by atoms with Crippen LogP contribution in [0.5, 0.6) is 11.5 Å². The molecule has 0 aliphatic heterocycles. The molecule has 0 fully saturated rings. The van der Waals surface area contributed by atoms with Gasteiger partial charge in [-0.05, 0) is 38.5 Å². The summed E-state index contributed by atoms with van der Waals surface area (Å²) in [5, 5.41) is 9.12. The van der Waals surface area contributed by atoms with Crippen molar-refractivity contribution in [2.75, 3.05) is 19.5 Å². The van der Waals surface area contributed by atoms with E-state index in [-0.39, 0.29) is 11.7 Å². The van der Waals surface area contributed by atoms with Crippen molar-refractivity contribution in [3.05, 3.63) is 70.8 Å². The zero-order chi connectivity index (χ0) is 25.8. The molecular formula is C27H26N2O6S. The topological polar surface area (TPSA) is 99.9 Å². The minimum absolute atomic E-state index is 0.254. The van der Waals surface area contributed by atoms with Crippen LogP contribution in [-0.4, -0.2) is 37.4 Å². The van der Waals surface area contributed by atoms with Crippen molar-refractivity contribution < 1.29 is 28.3 Å². The van der Waals surface area contributed by atoms with E-state index in [4.69, 9.17) is 18.7 Å². The number of carbonyl (C=O) groups is 2. The number of hydrogen-bond donors (Lipinski definition) is 1. The van der Waals surface area contributed by atoms with Gasteiger partial charge in [0.2, 0.25) is 0 Å². The Morgan fingerprint density at radius 1 is 0.972 bits per heavy atom. The Hall–Kier alpha value is -4.11. The number of rotatable bonds is 8. The van der Waals surface area contributed by atoms with Gasteiger partial charge in [-0.1, -0.05) is 41.6 Å². The van der Waals surface area contributed by atoms with E-state index in [0.717, 1.165) is 5.56 Å². The van der Waals surface area contributed by atoms with Crippen molar-refractivity contribution in [3.8, 4) is 33.9 Å². The molecular weight excluding hydrogens is 480 g/mol. The molecule has 9 heteroatoms. The van der Waals surface area contributed by atoms with Crippen molar-refractivity contribution in [2.24, 2.45) is 0 Å². The summed E-state index contributed by atoms with van der Waals surface area (Å²) in [5.74, 6) is 0.466. The summed E-state index contributed by atoms with van der Waals surface area (Å²) in [5.41, 5.74) is 3.04. The summed E-state index contributed by atoms with van der Waals surface area (Å²) in [6.45, 7) is 5.21. The van der Waals surface area contributed by atoms with Crippen molar-refractivity contribution in [1.82, 2.24) is 5.16 Å². The van der Waals surface area contributed by atoms with Gasteiger partial charge in [0.1, 0.15) is 27.6 Å². The molecule has 0 bridgehead atoms. The van der Waals surface area contributed by atoms with Crippen LogP contribution in [0.15, 0.2) is 58.4 Å². The molecule has 4 rings (SSSR count). The molecule has 2 aromatic carbocycles. The van der Waals surface area contributed by atoms with Gasteiger partial charge in [-0.2, -0.15) is 0 Å². The Bertz CT molecular complexity index is 1390. The van der Waals surface area contributed by atoms with Gasteiger partial charge in [0.05, 0.1) is 20.3 Å². The molecule has 2 heterocycles. The van der Waals surface area contributed by atoms with Crippen molar-refractivity contribution in [3.63, 3.8) is 0 Å². The van der Waals surface area contributed by atoms with Crippen LogP contribution in [0.1, 0.15) is 40.3 Å². The minimum Gasteiger partial charge on any atom is -0.493 e. The maximum Gasteiger partial charge on any atom is 0.342 e. The molecule has 0 radical (unpaired) electrons. The van der Waals surface area contributed by atoms with Crippen LogP contribution < -0.4 is 14.8 Å². The van der Waals surface area contributed by atoms with Crippen molar-refractivity contribution in [1.29, 1.82) is 0 Å². The van der Waals surface area contributed by atoms with Crippen LogP contribution in [-0.2, 0) is 4.74 Å². The molecule has 186 valence electrons. The van der Waals surface area contributed by atoms with E-state index in [0.29, 0.717) is 44.6 Å². The summed E-state index contributed by atoms with van der Waals surface area (Å²) in [7, 11) is 3.10. The SMILES string of the molecule is COc1ccc(-c2csc(NC(=O)c3c(-c4ccccc4)noc3C)c2C(=O)OC(C)C)cc1OC. The third-order valence-electron chi connectivity index (χ3n) is 5.40. The Morgan fingerprint density at radius 2 is 1.69 bits per heavy atom. The number of aryl methyl sites for hydroxylation is 1. The van der Waals surface area contributed by atoms with Gasteiger partial charge < -0.3 is 24.1 Å². The van der Waals surface area contributed by atoms with E-state index in [2.05, 4.69) is 10.5 Å². The summed E-state index contributed by atoms with van der Waals surface area (Å²) in [6.07, 6.45) is -0.343. The fraction of sp³-hybridized carbons (Fsp3) is 0.222. The molecule has 4 aromatic rings. The Balaban J connectivity index is 1.76. The standard InChI is InChI=1S/C27H26N2O6S/c1-15(2)34-27(31)23-19(18-11-12-20(32-4)21(13-18)33-5)14-36-26(23)28-25(30)22-16(3)35-29-24(22)17-9-7-6-8-10-17/h6-15H,1-5H3,(H,28,30). The number of carbonyl (C=O) groups excluding carboxylic acids is 2. The lowest BCUT2D eigenvalue weighted by molar-refractivity contribution is 0.0380. The second kappa shape index (κ2) is 10.7. The average Bonchev–Trinajstić information content (AvgIpc) is 3.47. The molecule has 1 N–H and O–H groups in total. The summed E-state index contributed by atoms with van der Waals surface area (Å²) in [6, 6.07) is 14.6. The van der Waals surface area contributed by atoms with E-state index < -0.39 is 11.9 Å². The third-order valence-corrected chi connectivity index (χ3v) is 6.29. The fourth-order valence-corrected chi connectivity index (χ4v) is 4.69. The molecule has 0 unspecified atom stereocenters. The quantitative estimate of drug-likeness (QED) is 0.283. The summed E-state index contributed by atoms with van der Waals surface area (Å²) in [4.78, 5) is 26.6. The van der Waals surface area contributed by atoms with Crippen LogP contribution in [0.4, 0.5) is 5.00 Å². The number of aromatic nitrogens is 1. The Kier molecular flexibility index (Phi) is 7.40. The first kappa shape index (κ1) is 25.0. The molecule has 0 aliphatic rings. The minimum atomic E-state index is -0.545. The second-order valence-electron chi connectivity index (χ2n) is 8.16. The number of anilines is 1. The summed E-state index contributed by atoms with van der Waals surface area (Å²) >= 11 is 1.23. The average molecular weight is 507 g/mol. The van der Waals surface area contributed by atoms with Crippen LogP contribution in [0.25, 0.3) is 22.4 Å². The van der Waals surface area contributed by atoms with Crippen molar-refractivity contribution >= 4 is 28.2 Å². The van der Waals surface area contributed by atoms with Crippen LogP contribution in [0, 0.1) is 6.92 Å².